The van der Waals surface area contributed by atoms with Crippen molar-refractivity contribution in [2.24, 2.45) is 11.3 Å². The number of rotatable bonds is 13. The Kier molecular flexibility index (Phi) is 13.4. The molecule has 4 N–H and O–H groups in total. The van der Waals surface area contributed by atoms with Crippen molar-refractivity contribution in [3.05, 3.63) is 109 Å². The van der Waals surface area contributed by atoms with E-state index in [2.05, 4.69) is 66.7 Å². The van der Waals surface area contributed by atoms with Crippen molar-refractivity contribution in [3.63, 3.8) is 0 Å². The van der Waals surface area contributed by atoms with Gasteiger partial charge in [-0.25, -0.2) is 18.1 Å². The number of hydrogen-bond acceptors (Lipinski definition) is 12. The van der Waals surface area contributed by atoms with Crippen molar-refractivity contribution in [2.45, 2.75) is 50.8 Å². The number of hydrogen-bond donors (Lipinski definition) is 3. The lowest BCUT2D eigenvalue weighted by atomic mass is 9.72. The first-order chi connectivity index (χ1) is 28.6. The summed E-state index contributed by atoms with van der Waals surface area (Å²) in [6.07, 6.45) is 4.81. The van der Waals surface area contributed by atoms with Crippen molar-refractivity contribution in [2.75, 3.05) is 68.4 Å². The van der Waals surface area contributed by atoms with Gasteiger partial charge in [-0.05, 0) is 107 Å². The van der Waals surface area contributed by atoms with Gasteiger partial charge in [0.1, 0.15) is 27.6 Å². The monoisotopic (exact) mass is 921 g/mol. The van der Waals surface area contributed by atoms with E-state index in [4.69, 9.17) is 26.8 Å². The van der Waals surface area contributed by atoms with Gasteiger partial charge in [-0.1, -0.05) is 43.2 Å². The van der Waals surface area contributed by atoms with E-state index >= 15 is 0 Å². The van der Waals surface area contributed by atoms with Crippen LogP contribution in [0.4, 0.5) is 22.9 Å². The molecular weight excluding hydrogens is 874 g/mol. The summed E-state index contributed by atoms with van der Waals surface area (Å²) in [4.78, 5) is 33.6. The lowest BCUT2D eigenvalue weighted by Crippen LogP contribution is -2.47. The molecule has 14 nitrogen and oxygen atoms in total. The molecule has 3 aliphatic rings. The summed E-state index contributed by atoms with van der Waals surface area (Å²) in [7, 11) is -4.57. The van der Waals surface area contributed by atoms with E-state index in [-0.39, 0.29) is 39.9 Å². The zero-order valence-electron chi connectivity index (χ0n) is 33.6. The van der Waals surface area contributed by atoms with Crippen molar-refractivity contribution in [1.82, 2.24) is 14.6 Å². The Morgan fingerprint density at radius 2 is 1.78 bits per heavy atom. The van der Waals surface area contributed by atoms with Crippen LogP contribution in [-0.2, 0) is 14.8 Å². The molecule has 2 saturated heterocycles. The predicted molar refractivity (Wildman–Crippen MR) is 237 cm³/mol. The first-order valence-corrected chi connectivity index (χ1v) is 22.6. The van der Waals surface area contributed by atoms with Crippen LogP contribution in [0.15, 0.2) is 87.9 Å². The highest BCUT2D eigenvalue weighted by Crippen LogP contribution is 2.43. The molecule has 7 rings (SSSR count). The van der Waals surface area contributed by atoms with E-state index in [1.54, 1.807) is 18.2 Å². The number of nitro benzene ring substituents is 1. The zero-order valence-corrected chi connectivity index (χ0v) is 36.7. The maximum atomic E-state index is 13.8. The third-order valence-corrected chi connectivity index (χ3v) is 13.4. The standard InChI is InChI=1S/C43H49BrClN7O7S/c1-43(2)14-11-30(36(25-43)29-3-5-31(45)6-4-29)27-50-15-17-51(18-16-50)32-7-9-35(39(21-32)59-33-22-40(44)48-41(46)23-33)42(53)49-60(56,57)34-8-10-37(38(24-34)52(54)55)47-26-28-12-19-58-20-13-28/h3-10,21-24,28,47H,11-20,25-27H2,1-2H3,(H2,46,48)(H,49,53). The average Bonchev–Trinajstić information content (AvgIpc) is 3.21. The van der Waals surface area contributed by atoms with Gasteiger partial charge in [0.2, 0.25) is 0 Å². The SMILES string of the molecule is CC1(C)CCC(CN2CCN(c3ccc(C(=O)NS(=O)(=O)c4ccc(NCC5CCOCC5)c([N+](=O)[O-])c4)c(Oc4cc(N)nc(Br)c4)c3)CC2)=C(c2ccc(Cl)cc2)C1. The van der Waals surface area contributed by atoms with Crippen molar-refractivity contribution in [3.8, 4) is 11.5 Å². The summed E-state index contributed by atoms with van der Waals surface area (Å²) in [5, 5.41) is 15.9. The molecule has 1 amide bonds. The Balaban J connectivity index is 1.09. The second kappa shape index (κ2) is 18.5. The third-order valence-electron chi connectivity index (χ3n) is 11.4. The summed E-state index contributed by atoms with van der Waals surface area (Å²) < 4.78 is 41.4. The Labute approximate surface area is 363 Å². The van der Waals surface area contributed by atoms with Crippen LogP contribution in [0, 0.1) is 21.4 Å². The van der Waals surface area contributed by atoms with Crippen LogP contribution in [0.25, 0.3) is 5.57 Å². The molecule has 318 valence electrons. The molecule has 2 fully saturated rings. The number of carbonyl (C=O) groups is 1. The molecular formula is C43H49BrClN7O7S. The minimum Gasteiger partial charge on any atom is -0.456 e. The van der Waals surface area contributed by atoms with Crippen LogP contribution in [0.2, 0.25) is 5.02 Å². The second-order valence-corrected chi connectivity index (χ2v) is 19.3. The van der Waals surface area contributed by atoms with Crippen LogP contribution < -0.4 is 25.4 Å². The molecule has 0 unspecified atom stereocenters. The second-order valence-electron chi connectivity index (χ2n) is 16.3. The number of nitrogens with two attached hydrogens (primary N) is 1. The molecule has 2 aliphatic heterocycles. The predicted octanol–water partition coefficient (Wildman–Crippen LogP) is 8.52. The number of benzene rings is 3. The molecule has 0 radical (unpaired) electrons. The molecule has 1 aliphatic carbocycles. The Hall–Kier alpha value is -4.74. The summed E-state index contributed by atoms with van der Waals surface area (Å²) >= 11 is 9.55. The molecule has 17 heteroatoms. The van der Waals surface area contributed by atoms with E-state index in [1.165, 1.54) is 41.0 Å². The number of pyridine rings is 1. The maximum absolute atomic E-state index is 13.8. The van der Waals surface area contributed by atoms with Gasteiger partial charge in [0, 0.05) is 87.5 Å². The minimum atomic E-state index is -4.57. The number of halogens is 2. The highest BCUT2D eigenvalue weighted by Gasteiger charge is 2.30. The number of nitrogen functional groups attached to an aromatic ring is 1. The molecule has 1 aromatic heterocycles. The Bertz CT molecular complexity index is 2360. The van der Waals surface area contributed by atoms with Crippen molar-refractivity contribution >= 4 is 71.9 Å². The number of nitro groups is 1. The van der Waals surface area contributed by atoms with Crippen LogP contribution in [0.5, 0.6) is 11.5 Å². The van der Waals surface area contributed by atoms with Crippen LogP contribution in [0.1, 0.15) is 61.9 Å². The number of aromatic nitrogens is 1. The molecule has 60 heavy (non-hydrogen) atoms. The summed E-state index contributed by atoms with van der Waals surface area (Å²) in [5.74, 6) is -0.185. The smallest absolute Gasteiger partial charge is 0.293 e. The van der Waals surface area contributed by atoms with E-state index in [0.717, 1.165) is 68.5 Å². The minimum absolute atomic E-state index is 0.0707. The topological polar surface area (TPSA) is 182 Å². The number of allylic oxidation sites excluding steroid dienone is 1. The molecule has 0 atom stereocenters. The zero-order chi connectivity index (χ0) is 42.6. The van der Waals surface area contributed by atoms with Crippen LogP contribution in [0.3, 0.4) is 0 Å². The molecule has 0 bridgehead atoms. The largest absolute Gasteiger partial charge is 0.456 e. The van der Waals surface area contributed by atoms with Gasteiger partial charge in [-0.15, -0.1) is 0 Å². The molecule has 3 aromatic carbocycles. The van der Waals surface area contributed by atoms with E-state index in [9.17, 15) is 23.3 Å². The lowest BCUT2D eigenvalue weighted by molar-refractivity contribution is -0.384. The van der Waals surface area contributed by atoms with Gasteiger partial charge in [-0.2, -0.15) is 0 Å². The number of ether oxygens (including phenoxy) is 2. The number of amides is 1. The number of nitrogens with one attached hydrogen (secondary N) is 2. The number of anilines is 3. The van der Waals surface area contributed by atoms with E-state index in [1.807, 2.05) is 12.1 Å². The summed E-state index contributed by atoms with van der Waals surface area (Å²) in [6, 6.07) is 19.7. The lowest BCUT2D eigenvalue weighted by Gasteiger charge is -2.39. The average molecular weight is 923 g/mol. The van der Waals surface area contributed by atoms with Crippen LogP contribution >= 0.6 is 27.5 Å². The highest BCUT2D eigenvalue weighted by atomic mass is 79.9. The van der Waals surface area contributed by atoms with Gasteiger partial charge in [0.15, 0.2) is 0 Å². The quantitative estimate of drug-likeness (QED) is 0.0662. The number of piperazine rings is 1. The first-order valence-electron chi connectivity index (χ1n) is 20.0. The highest BCUT2D eigenvalue weighted by molar-refractivity contribution is 9.10. The van der Waals surface area contributed by atoms with E-state index < -0.39 is 31.4 Å². The van der Waals surface area contributed by atoms with E-state index in [0.29, 0.717) is 37.5 Å². The number of nitrogens with zero attached hydrogens (tertiary/aromatic N) is 4. The number of sulfonamides is 1. The van der Waals surface area contributed by atoms with Crippen molar-refractivity contribution in [1.29, 1.82) is 0 Å². The normalized spacial score (nSPS) is 17.6. The van der Waals surface area contributed by atoms with Gasteiger partial charge in [0.25, 0.3) is 21.6 Å². The summed E-state index contributed by atoms with van der Waals surface area (Å²) in [6.45, 7) is 10.3. The van der Waals surface area contributed by atoms with Gasteiger partial charge in [0.05, 0.1) is 15.4 Å². The fourth-order valence-electron chi connectivity index (χ4n) is 7.98. The Morgan fingerprint density at radius 3 is 2.48 bits per heavy atom. The maximum Gasteiger partial charge on any atom is 0.293 e. The molecule has 0 saturated carbocycles. The molecule has 0 spiro atoms. The van der Waals surface area contributed by atoms with Crippen molar-refractivity contribution < 1.29 is 27.6 Å². The number of carbonyl (C=O) groups excluding carboxylic acids is 1. The van der Waals surface area contributed by atoms with Gasteiger partial charge < -0.3 is 25.4 Å². The van der Waals surface area contributed by atoms with Gasteiger partial charge >= 0.3 is 0 Å². The summed E-state index contributed by atoms with van der Waals surface area (Å²) in [5.41, 5.74) is 10.8. The van der Waals surface area contributed by atoms with Crippen LogP contribution in [-0.4, -0.2) is 81.6 Å². The Morgan fingerprint density at radius 1 is 1.05 bits per heavy atom. The molecule has 4 aromatic rings. The molecule has 3 heterocycles. The van der Waals surface area contributed by atoms with Gasteiger partial charge in [-0.3, -0.25) is 19.8 Å². The first kappa shape index (κ1) is 43.4. The fraction of sp³-hybridized carbons (Fsp3) is 0.395. The fourth-order valence-corrected chi connectivity index (χ4v) is 9.52. The third kappa shape index (κ3) is 10.8.